The largest absolute Gasteiger partial charge is 0.369 e. The lowest BCUT2D eigenvalue weighted by Gasteiger charge is -2.11. The summed E-state index contributed by atoms with van der Waals surface area (Å²) in [5.74, 6) is 0.855. The number of aryl methyl sites for hydroxylation is 1. The molecule has 3 rings (SSSR count). The van der Waals surface area contributed by atoms with Crippen LogP contribution in [0.3, 0.4) is 0 Å². The number of halogens is 1. The number of nitrogens with zero attached hydrogens (tertiary/aromatic N) is 3. The van der Waals surface area contributed by atoms with Crippen LogP contribution in [-0.2, 0) is 0 Å². The zero-order valence-electron chi connectivity index (χ0n) is 11.7. The van der Waals surface area contributed by atoms with Crippen molar-refractivity contribution in [3.05, 3.63) is 47.1 Å². The Morgan fingerprint density at radius 3 is 2.90 bits per heavy atom. The normalized spacial score (nSPS) is 11.0. The first-order chi connectivity index (χ1) is 10.2. The fourth-order valence-electron chi connectivity index (χ4n) is 2.21. The van der Waals surface area contributed by atoms with Gasteiger partial charge >= 0.3 is 0 Å². The van der Waals surface area contributed by atoms with E-state index in [1.165, 1.54) is 0 Å². The van der Waals surface area contributed by atoms with Gasteiger partial charge in [-0.1, -0.05) is 29.8 Å². The molecular formula is C15H16ClN5. The van der Waals surface area contributed by atoms with Crippen molar-refractivity contribution in [3.8, 4) is 11.3 Å². The van der Waals surface area contributed by atoms with Crippen molar-refractivity contribution in [1.29, 1.82) is 0 Å². The number of hydrogen-bond acceptors (Lipinski definition) is 4. The third-order valence-electron chi connectivity index (χ3n) is 3.25. The van der Waals surface area contributed by atoms with E-state index in [-0.39, 0.29) is 0 Å². The lowest BCUT2D eigenvalue weighted by molar-refractivity contribution is 0.917. The van der Waals surface area contributed by atoms with Crippen LogP contribution in [0, 0.1) is 6.92 Å². The molecule has 1 aromatic carbocycles. The lowest BCUT2D eigenvalue weighted by atomic mass is 10.1. The maximum Gasteiger partial charge on any atom is 0.160 e. The summed E-state index contributed by atoms with van der Waals surface area (Å²) in [6, 6.07) is 9.61. The molecule has 0 radical (unpaired) electrons. The summed E-state index contributed by atoms with van der Waals surface area (Å²) < 4.78 is 1.78. The molecule has 0 spiro atoms. The number of nitrogens with one attached hydrogen (secondary N) is 1. The molecule has 0 saturated carbocycles. The molecule has 108 valence electrons. The van der Waals surface area contributed by atoms with Crippen LogP contribution in [-0.4, -0.2) is 27.7 Å². The standard InChI is InChI=1S/C15H16ClN5/c1-10-9-19-21-14(18-7-6-17)8-13(20-15(10)21)11-4-2-3-5-12(11)16/h2-5,8-9,18H,6-7,17H2,1H3. The molecular weight excluding hydrogens is 286 g/mol. The Hall–Kier alpha value is -2.11. The monoisotopic (exact) mass is 301 g/mol. The highest BCUT2D eigenvalue weighted by Crippen LogP contribution is 2.29. The molecule has 3 N–H and O–H groups in total. The molecule has 0 aliphatic rings. The molecule has 0 aliphatic carbocycles. The van der Waals surface area contributed by atoms with E-state index >= 15 is 0 Å². The summed E-state index contributed by atoms with van der Waals surface area (Å²) in [7, 11) is 0. The molecule has 0 amide bonds. The molecule has 21 heavy (non-hydrogen) atoms. The molecule has 0 fully saturated rings. The zero-order chi connectivity index (χ0) is 14.8. The smallest absolute Gasteiger partial charge is 0.160 e. The van der Waals surface area contributed by atoms with Crippen LogP contribution in [0.15, 0.2) is 36.5 Å². The van der Waals surface area contributed by atoms with Gasteiger partial charge in [-0.3, -0.25) is 0 Å². The highest BCUT2D eigenvalue weighted by Gasteiger charge is 2.12. The fraction of sp³-hybridized carbons (Fsp3) is 0.200. The third-order valence-corrected chi connectivity index (χ3v) is 3.58. The van der Waals surface area contributed by atoms with Crippen molar-refractivity contribution >= 4 is 23.1 Å². The van der Waals surface area contributed by atoms with E-state index in [1.54, 1.807) is 10.7 Å². The van der Waals surface area contributed by atoms with E-state index in [2.05, 4.69) is 15.4 Å². The second-order valence-electron chi connectivity index (χ2n) is 4.78. The third kappa shape index (κ3) is 2.57. The summed E-state index contributed by atoms with van der Waals surface area (Å²) in [6.07, 6.45) is 1.80. The van der Waals surface area contributed by atoms with Crippen molar-refractivity contribution in [3.63, 3.8) is 0 Å². The topological polar surface area (TPSA) is 68.2 Å². The van der Waals surface area contributed by atoms with Gasteiger partial charge in [-0.25, -0.2) is 4.98 Å². The van der Waals surface area contributed by atoms with Gasteiger partial charge in [0.2, 0.25) is 0 Å². The number of anilines is 1. The van der Waals surface area contributed by atoms with Crippen LogP contribution in [0.4, 0.5) is 5.82 Å². The van der Waals surface area contributed by atoms with Gasteiger partial charge in [-0.05, 0) is 13.0 Å². The van der Waals surface area contributed by atoms with Gasteiger partial charge in [-0.2, -0.15) is 9.61 Å². The molecule has 3 aromatic rings. The Bertz CT molecular complexity index is 781. The van der Waals surface area contributed by atoms with E-state index in [4.69, 9.17) is 17.3 Å². The molecule has 6 heteroatoms. The lowest BCUT2D eigenvalue weighted by Crippen LogP contribution is -2.15. The van der Waals surface area contributed by atoms with Crippen LogP contribution in [0.5, 0.6) is 0 Å². The van der Waals surface area contributed by atoms with Crippen LogP contribution >= 0.6 is 11.6 Å². The van der Waals surface area contributed by atoms with Crippen LogP contribution in [0.1, 0.15) is 5.56 Å². The Morgan fingerprint density at radius 1 is 1.33 bits per heavy atom. The molecule has 2 heterocycles. The highest BCUT2D eigenvalue weighted by molar-refractivity contribution is 6.33. The SMILES string of the molecule is Cc1cnn2c(NCCN)cc(-c3ccccc3Cl)nc12. The van der Waals surface area contributed by atoms with Crippen molar-refractivity contribution in [2.75, 3.05) is 18.4 Å². The minimum Gasteiger partial charge on any atom is -0.369 e. The zero-order valence-corrected chi connectivity index (χ0v) is 12.4. The van der Waals surface area contributed by atoms with Crippen molar-refractivity contribution in [2.24, 2.45) is 5.73 Å². The summed E-state index contributed by atoms with van der Waals surface area (Å²) in [5.41, 5.74) is 9.11. The van der Waals surface area contributed by atoms with E-state index in [0.29, 0.717) is 18.1 Å². The first kappa shape index (κ1) is 13.9. The van der Waals surface area contributed by atoms with Crippen molar-refractivity contribution < 1.29 is 0 Å². The van der Waals surface area contributed by atoms with Gasteiger partial charge in [0.05, 0.1) is 11.9 Å². The predicted octanol–water partition coefficient (Wildman–Crippen LogP) is 2.73. The van der Waals surface area contributed by atoms with E-state index in [9.17, 15) is 0 Å². The van der Waals surface area contributed by atoms with Gasteiger partial charge in [-0.15, -0.1) is 0 Å². The van der Waals surface area contributed by atoms with Gasteiger partial charge < -0.3 is 11.1 Å². The van der Waals surface area contributed by atoms with Crippen LogP contribution in [0.25, 0.3) is 16.9 Å². The van der Waals surface area contributed by atoms with Crippen molar-refractivity contribution in [1.82, 2.24) is 14.6 Å². The van der Waals surface area contributed by atoms with Gasteiger partial charge in [0.25, 0.3) is 0 Å². The average molecular weight is 302 g/mol. The molecule has 0 unspecified atom stereocenters. The molecule has 0 atom stereocenters. The van der Waals surface area contributed by atoms with Gasteiger partial charge in [0, 0.05) is 35.3 Å². The minimum absolute atomic E-state index is 0.547. The van der Waals surface area contributed by atoms with Gasteiger partial charge in [0.1, 0.15) is 5.82 Å². The maximum atomic E-state index is 6.28. The van der Waals surface area contributed by atoms with Crippen LogP contribution in [0.2, 0.25) is 5.02 Å². The first-order valence-electron chi connectivity index (χ1n) is 6.75. The van der Waals surface area contributed by atoms with Crippen molar-refractivity contribution in [2.45, 2.75) is 6.92 Å². The molecule has 0 saturated heterocycles. The molecule has 2 aromatic heterocycles. The number of fused-ring (bicyclic) bond motifs is 1. The fourth-order valence-corrected chi connectivity index (χ4v) is 2.44. The maximum absolute atomic E-state index is 6.28. The number of rotatable bonds is 4. The molecule has 0 aliphatic heterocycles. The molecule has 5 nitrogen and oxygen atoms in total. The highest BCUT2D eigenvalue weighted by atomic mass is 35.5. The average Bonchev–Trinajstić information content (AvgIpc) is 2.87. The number of aromatic nitrogens is 3. The Balaban J connectivity index is 2.19. The molecule has 0 bridgehead atoms. The second kappa shape index (κ2) is 5.71. The minimum atomic E-state index is 0.547. The van der Waals surface area contributed by atoms with E-state index in [0.717, 1.165) is 28.3 Å². The predicted molar refractivity (Wildman–Crippen MR) is 85.7 cm³/mol. The Morgan fingerprint density at radius 2 is 2.14 bits per heavy atom. The number of nitrogens with two attached hydrogens (primary N) is 1. The number of hydrogen-bond donors (Lipinski definition) is 2. The quantitative estimate of drug-likeness (QED) is 0.777. The van der Waals surface area contributed by atoms with E-state index in [1.807, 2.05) is 37.3 Å². The summed E-state index contributed by atoms with van der Waals surface area (Å²) in [5, 5.41) is 8.30. The summed E-state index contributed by atoms with van der Waals surface area (Å²) in [4.78, 5) is 4.68. The Labute approximate surface area is 127 Å². The summed E-state index contributed by atoms with van der Waals surface area (Å²) >= 11 is 6.28. The van der Waals surface area contributed by atoms with Crippen LogP contribution < -0.4 is 11.1 Å². The van der Waals surface area contributed by atoms with E-state index < -0.39 is 0 Å². The second-order valence-corrected chi connectivity index (χ2v) is 5.19. The van der Waals surface area contributed by atoms with Gasteiger partial charge in [0.15, 0.2) is 5.65 Å². The number of benzene rings is 1. The Kier molecular flexibility index (Phi) is 3.77. The summed E-state index contributed by atoms with van der Waals surface area (Å²) in [6.45, 7) is 3.20. The first-order valence-corrected chi connectivity index (χ1v) is 7.12.